The van der Waals surface area contributed by atoms with E-state index in [4.69, 9.17) is 5.73 Å². The SMILES string of the molecule is CCS(=O)(=O)c1ccc(NCCOC(F)(F)F)c(N)c1. The molecular formula is C11H15F3N2O3S. The quantitative estimate of drug-likeness (QED) is 0.620. The summed E-state index contributed by atoms with van der Waals surface area (Å²) in [6, 6.07) is 4.03. The summed E-state index contributed by atoms with van der Waals surface area (Å²) in [5, 5.41) is 2.64. The van der Waals surface area contributed by atoms with Crippen LogP contribution >= 0.6 is 0 Å². The molecule has 0 spiro atoms. The first-order valence-corrected chi connectivity index (χ1v) is 7.38. The third-order valence-electron chi connectivity index (χ3n) is 2.45. The lowest BCUT2D eigenvalue weighted by Gasteiger charge is -2.12. The number of rotatable bonds is 6. The zero-order valence-corrected chi connectivity index (χ0v) is 11.5. The molecule has 20 heavy (non-hydrogen) atoms. The Morgan fingerprint density at radius 2 is 2.00 bits per heavy atom. The number of ether oxygens (including phenoxy) is 1. The Kier molecular flexibility index (Phi) is 5.23. The standard InChI is InChI=1S/C11H15F3N2O3S/c1-2-20(17,18)8-3-4-10(9(15)7-8)16-5-6-19-11(12,13)14/h3-4,7,16H,2,5-6,15H2,1H3. The Hall–Kier alpha value is -1.48. The Labute approximate surface area is 114 Å². The van der Waals surface area contributed by atoms with Crippen molar-refractivity contribution in [2.45, 2.75) is 18.2 Å². The molecule has 1 aromatic rings. The van der Waals surface area contributed by atoms with Gasteiger partial charge in [-0.05, 0) is 18.2 Å². The summed E-state index contributed by atoms with van der Waals surface area (Å²) >= 11 is 0. The lowest BCUT2D eigenvalue weighted by molar-refractivity contribution is -0.322. The maximum Gasteiger partial charge on any atom is 0.522 e. The molecule has 1 aromatic carbocycles. The van der Waals surface area contributed by atoms with Gasteiger partial charge in [-0.25, -0.2) is 8.42 Å². The Bertz CT molecular complexity index is 559. The minimum atomic E-state index is -4.67. The van der Waals surface area contributed by atoms with E-state index >= 15 is 0 Å². The smallest absolute Gasteiger partial charge is 0.397 e. The van der Waals surface area contributed by atoms with Crippen molar-refractivity contribution in [1.29, 1.82) is 0 Å². The van der Waals surface area contributed by atoms with Gasteiger partial charge in [0, 0.05) is 6.54 Å². The van der Waals surface area contributed by atoms with Crippen LogP contribution in [0.25, 0.3) is 0 Å². The van der Waals surface area contributed by atoms with E-state index in [0.29, 0.717) is 5.69 Å². The molecule has 0 aromatic heterocycles. The molecule has 0 saturated heterocycles. The van der Waals surface area contributed by atoms with E-state index in [0.717, 1.165) is 0 Å². The van der Waals surface area contributed by atoms with Gasteiger partial charge in [0.05, 0.1) is 28.6 Å². The minimum Gasteiger partial charge on any atom is -0.397 e. The zero-order valence-electron chi connectivity index (χ0n) is 10.7. The first-order valence-electron chi connectivity index (χ1n) is 5.72. The monoisotopic (exact) mass is 312 g/mol. The first-order chi connectivity index (χ1) is 9.15. The summed E-state index contributed by atoms with van der Waals surface area (Å²) in [5.41, 5.74) is 6.15. The van der Waals surface area contributed by atoms with Gasteiger partial charge in [0.2, 0.25) is 0 Å². The third-order valence-corrected chi connectivity index (χ3v) is 4.18. The molecule has 1 rings (SSSR count). The van der Waals surface area contributed by atoms with Crippen LogP contribution in [0.1, 0.15) is 6.92 Å². The topological polar surface area (TPSA) is 81.4 Å². The van der Waals surface area contributed by atoms with Crippen molar-refractivity contribution in [3.05, 3.63) is 18.2 Å². The second-order valence-corrected chi connectivity index (χ2v) is 6.15. The number of nitrogens with two attached hydrogens (primary N) is 1. The maximum atomic E-state index is 11.7. The predicted octanol–water partition coefficient (Wildman–Crippen LogP) is 2.01. The predicted molar refractivity (Wildman–Crippen MR) is 69.1 cm³/mol. The number of nitrogens with one attached hydrogen (secondary N) is 1. The fraction of sp³-hybridized carbons (Fsp3) is 0.455. The molecule has 0 radical (unpaired) electrons. The van der Waals surface area contributed by atoms with Crippen LogP contribution in [0.3, 0.4) is 0 Å². The number of benzene rings is 1. The van der Waals surface area contributed by atoms with Crippen LogP contribution in [-0.4, -0.2) is 33.7 Å². The molecule has 0 amide bonds. The van der Waals surface area contributed by atoms with Gasteiger partial charge in [0.15, 0.2) is 9.84 Å². The van der Waals surface area contributed by atoms with Crippen LogP contribution in [0.4, 0.5) is 24.5 Å². The van der Waals surface area contributed by atoms with Gasteiger partial charge in [0.25, 0.3) is 0 Å². The van der Waals surface area contributed by atoms with Crippen molar-refractivity contribution >= 4 is 21.2 Å². The summed E-state index contributed by atoms with van der Waals surface area (Å²) in [6.07, 6.45) is -4.67. The van der Waals surface area contributed by atoms with E-state index in [9.17, 15) is 21.6 Å². The molecule has 0 fully saturated rings. The molecule has 5 nitrogen and oxygen atoms in total. The van der Waals surface area contributed by atoms with Crippen molar-refractivity contribution in [1.82, 2.24) is 0 Å². The van der Waals surface area contributed by atoms with Gasteiger partial charge in [-0.2, -0.15) is 0 Å². The average molecular weight is 312 g/mol. The van der Waals surface area contributed by atoms with E-state index in [-0.39, 0.29) is 22.9 Å². The Morgan fingerprint density at radius 1 is 1.35 bits per heavy atom. The van der Waals surface area contributed by atoms with Gasteiger partial charge < -0.3 is 11.1 Å². The highest BCUT2D eigenvalue weighted by Gasteiger charge is 2.28. The highest BCUT2D eigenvalue weighted by Crippen LogP contribution is 2.23. The Balaban J connectivity index is 2.66. The van der Waals surface area contributed by atoms with E-state index in [1.807, 2.05) is 0 Å². The van der Waals surface area contributed by atoms with Gasteiger partial charge in [-0.15, -0.1) is 13.2 Å². The molecule has 0 aliphatic heterocycles. The van der Waals surface area contributed by atoms with Crippen LogP contribution in [0.2, 0.25) is 0 Å². The highest BCUT2D eigenvalue weighted by molar-refractivity contribution is 7.91. The molecule has 0 atom stereocenters. The van der Waals surface area contributed by atoms with Crippen LogP contribution in [-0.2, 0) is 14.6 Å². The van der Waals surface area contributed by atoms with E-state index < -0.39 is 22.8 Å². The number of anilines is 2. The number of alkyl halides is 3. The second kappa shape index (κ2) is 6.31. The summed E-state index contributed by atoms with van der Waals surface area (Å²) in [4.78, 5) is 0.0783. The molecule has 3 N–H and O–H groups in total. The highest BCUT2D eigenvalue weighted by atomic mass is 32.2. The fourth-order valence-electron chi connectivity index (χ4n) is 1.41. The Morgan fingerprint density at radius 3 is 2.50 bits per heavy atom. The largest absolute Gasteiger partial charge is 0.522 e. The van der Waals surface area contributed by atoms with Gasteiger partial charge in [0.1, 0.15) is 0 Å². The molecule has 0 unspecified atom stereocenters. The zero-order chi connectivity index (χ0) is 15.4. The normalized spacial score (nSPS) is 12.4. The number of hydrogen-bond acceptors (Lipinski definition) is 5. The van der Waals surface area contributed by atoms with Gasteiger partial charge in [-0.1, -0.05) is 6.92 Å². The van der Waals surface area contributed by atoms with Crippen molar-refractivity contribution in [3.63, 3.8) is 0 Å². The summed E-state index contributed by atoms with van der Waals surface area (Å²) < 4.78 is 62.0. The number of halogens is 3. The first kappa shape index (κ1) is 16.6. The molecular weight excluding hydrogens is 297 g/mol. The summed E-state index contributed by atoms with van der Waals surface area (Å²) in [7, 11) is -3.36. The van der Waals surface area contributed by atoms with Gasteiger partial charge in [-0.3, -0.25) is 4.74 Å². The second-order valence-electron chi connectivity index (χ2n) is 3.87. The molecule has 0 saturated carbocycles. The van der Waals surface area contributed by atoms with E-state index in [1.165, 1.54) is 25.1 Å². The van der Waals surface area contributed by atoms with Crippen molar-refractivity contribution in [2.75, 3.05) is 30.0 Å². The molecule has 114 valence electrons. The number of hydrogen-bond donors (Lipinski definition) is 2. The molecule has 9 heteroatoms. The van der Waals surface area contributed by atoms with Crippen LogP contribution in [0.15, 0.2) is 23.1 Å². The van der Waals surface area contributed by atoms with Crippen molar-refractivity contribution in [3.8, 4) is 0 Å². The van der Waals surface area contributed by atoms with Crippen LogP contribution in [0, 0.1) is 0 Å². The van der Waals surface area contributed by atoms with E-state index in [1.54, 1.807) is 0 Å². The summed E-state index contributed by atoms with van der Waals surface area (Å²) in [6.45, 7) is 0.827. The lowest BCUT2D eigenvalue weighted by atomic mass is 10.2. The molecule has 0 heterocycles. The molecule has 0 bridgehead atoms. The van der Waals surface area contributed by atoms with Crippen molar-refractivity contribution in [2.24, 2.45) is 0 Å². The third kappa shape index (κ3) is 4.89. The molecule has 0 aliphatic rings. The van der Waals surface area contributed by atoms with Gasteiger partial charge >= 0.3 is 6.36 Å². The van der Waals surface area contributed by atoms with E-state index in [2.05, 4.69) is 10.1 Å². The number of sulfone groups is 1. The van der Waals surface area contributed by atoms with Crippen molar-refractivity contribution < 1.29 is 26.3 Å². The molecule has 0 aliphatic carbocycles. The number of nitrogen functional groups attached to an aromatic ring is 1. The maximum absolute atomic E-state index is 11.7. The van der Waals surface area contributed by atoms with Crippen LogP contribution < -0.4 is 11.1 Å². The van der Waals surface area contributed by atoms with Crippen LogP contribution in [0.5, 0.6) is 0 Å². The minimum absolute atomic E-state index is 0.0569. The lowest BCUT2D eigenvalue weighted by Crippen LogP contribution is -2.19. The fourth-order valence-corrected chi connectivity index (χ4v) is 2.33. The summed E-state index contributed by atoms with van der Waals surface area (Å²) in [5.74, 6) is -0.0569. The average Bonchev–Trinajstić information content (AvgIpc) is 2.34.